The van der Waals surface area contributed by atoms with Crippen LogP contribution in [0.1, 0.15) is 33.4 Å². The zero-order valence-corrected chi connectivity index (χ0v) is 18.0. The predicted octanol–water partition coefficient (Wildman–Crippen LogP) is 4.67. The highest BCUT2D eigenvalue weighted by Gasteiger charge is 2.24. The molecule has 1 N–H and O–H groups in total. The molecule has 0 radical (unpaired) electrons. The molecule has 7 nitrogen and oxygen atoms in total. The van der Waals surface area contributed by atoms with Crippen molar-refractivity contribution in [3.05, 3.63) is 58.5 Å². The molecule has 1 amide bonds. The van der Waals surface area contributed by atoms with Gasteiger partial charge in [0.2, 0.25) is 0 Å². The monoisotopic (exact) mass is 433 g/mol. The SMILES string of the molecule is CC(Oc1ccc(Cl)cc1Cl)C(=O)Nc1cc(C(C)(C)C)nn1-c1ncccn1. The number of hydrogen-bond donors (Lipinski definition) is 1. The first-order chi connectivity index (χ1) is 13.6. The molecule has 1 aromatic carbocycles. The summed E-state index contributed by atoms with van der Waals surface area (Å²) >= 11 is 12.0. The third-order valence-corrected chi connectivity index (χ3v) is 4.57. The summed E-state index contributed by atoms with van der Waals surface area (Å²) in [7, 11) is 0. The molecule has 0 fully saturated rings. The molecule has 3 aromatic rings. The van der Waals surface area contributed by atoms with E-state index in [0.29, 0.717) is 27.6 Å². The van der Waals surface area contributed by atoms with Crippen molar-refractivity contribution in [2.75, 3.05) is 5.32 Å². The van der Waals surface area contributed by atoms with Gasteiger partial charge in [-0.2, -0.15) is 9.78 Å². The lowest BCUT2D eigenvalue weighted by Crippen LogP contribution is -2.31. The van der Waals surface area contributed by atoms with Crippen LogP contribution >= 0.6 is 23.2 Å². The first kappa shape index (κ1) is 21.1. The first-order valence-electron chi connectivity index (χ1n) is 8.95. The van der Waals surface area contributed by atoms with Crippen LogP contribution in [0, 0.1) is 0 Å². The third-order valence-electron chi connectivity index (χ3n) is 4.04. The molecule has 0 saturated carbocycles. The van der Waals surface area contributed by atoms with Crippen molar-refractivity contribution in [2.24, 2.45) is 0 Å². The molecule has 1 atom stereocenters. The molecule has 0 saturated heterocycles. The summed E-state index contributed by atoms with van der Waals surface area (Å²) in [6.07, 6.45) is 2.41. The lowest BCUT2D eigenvalue weighted by molar-refractivity contribution is -0.122. The lowest BCUT2D eigenvalue weighted by Gasteiger charge is -2.16. The summed E-state index contributed by atoms with van der Waals surface area (Å²) in [5.41, 5.74) is 0.563. The van der Waals surface area contributed by atoms with Crippen molar-refractivity contribution in [1.29, 1.82) is 0 Å². The van der Waals surface area contributed by atoms with Gasteiger partial charge in [-0.05, 0) is 31.2 Å². The van der Waals surface area contributed by atoms with E-state index in [1.54, 1.807) is 49.6 Å². The number of carbonyl (C=O) groups is 1. The predicted molar refractivity (Wildman–Crippen MR) is 113 cm³/mol. The van der Waals surface area contributed by atoms with Crippen LogP contribution in [0.3, 0.4) is 0 Å². The Morgan fingerprint density at radius 1 is 1.17 bits per heavy atom. The Morgan fingerprint density at radius 3 is 2.48 bits per heavy atom. The molecule has 2 aromatic heterocycles. The van der Waals surface area contributed by atoms with Gasteiger partial charge >= 0.3 is 0 Å². The van der Waals surface area contributed by atoms with Gasteiger partial charge < -0.3 is 10.1 Å². The van der Waals surface area contributed by atoms with E-state index in [0.717, 1.165) is 5.69 Å². The van der Waals surface area contributed by atoms with E-state index in [1.165, 1.54) is 4.68 Å². The molecule has 2 heterocycles. The van der Waals surface area contributed by atoms with Crippen molar-refractivity contribution in [2.45, 2.75) is 39.2 Å². The number of nitrogens with zero attached hydrogens (tertiary/aromatic N) is 4. The summed E-state index contributed by atoms with van der Waals surface area (Å²) in [4.78, 5) is 21.2. The second-order valence-electron chi connectivity index (χ2n) is 7.45. The maximum Gasteiger partial charge on any atom is 0.266 e. The molecule has 0 aliphatic rings. The van der Waals surface area contributed by atoms with E-state index in [9.17, 15) is 4.79 Å². The maximum absolute atomic E-state index is 12.8. The van der Waals surface area contributed by atoms with E-state index in [4.69, 9.17) is 27.9 Å². The molecular formula is C20H21Cl2N5O2. The quantitative estimate of drug-likeness (QED) is 0.631. The number of aromatic nitrogens is 4. The molecule has 0 bridgehead atoms. The fraction of sp³-hybridized carbons (Fsp3) is 0.300. The van der Waals surface area contributed by atoms with Gasteiger partial charge in [-0.15, -0.1) is 0 Å². The molecule has 0 aliphatic heterocycles. The molecule has 9 heteroatoms. The van der Waals surface area contributed by atoms with Crippen LogP contribution in [0.4, 0.5) is 5.82 Å². The largest absolute Gasteiger partial charge is 0.479 e. The Morgan fingerprint density at radius 2 is 1.86 bits per heavy atom. The summed E-state index contributed by atoms with van der Waals surface area (Å²) in [6.45, 7) is 7.73. The van der Waals surface area contributed by atoms with Gasteiger partial charge in [-0.3, -0.25) is 4.79 Å². The van der Waals surface area contributed by atoms with Crippen LogP contribution in [0.5, 0.6) is 5.75 Å². The van der Waals surface area contributed by atoms with E-state index >= 15 is 0 Å². The molecular weight excluding hydrogens is 413 g/mol. The summed E-state index contributed by atoms with van der Waals surface area (Å²) in [5.74, 6) is 0.805. The van der Waals surface area contributed by atoms with Crippen LogP contribution in [0.2, 0.25) is 10.0 Å². The van der Waals surface area contributed by atoms with Crippen LogP contribution in [0.15, 0.2) is 42.7 Å². The van der Waals surface area contributed by atoms with Gasteiger partial charge in [-0.25, -0.2) is 9.97 Å². The molecule has 3 rings (SSSR count). The standard InChI is InChI=1S/C20H21Cl2N5O2/c1-12(29-15-7-6-13(21)10-14(15)22)18(28)25-17-11-16(20(2,3)4)26-27(17)19-23-8-5-9-24-19/h5-12H,1-4H3,(H,25,28). The highest BCUT2D eigenvalue weighted by molar-refractivity contribution is 6.35. The van der Waals surface area contributed by atoms with Gasteiger partial charge in [0.25, 0.3) is 11.9 Å². The number of rotatable bonds is 5. The zero-order chi connectivity index (χ0) is 21.2. The Kier molecular flexibility index (Phi) is 6.10. The Labute approximate surface area is 179 Å². The number of halogens is 2. The van der Waals surface area contributed by atoms with Gasteiger partial charge in [0, 0.05) is 28.9 Å². The lowest BCUT2D eigenvalue weighted by atomic mass is 9.92. The fourth-order valence-electron chi connectivity index (χ4n) is 2.43. The summed E-state index contributed by atoms with van der Waals surface area (Å²) in [6, 6.07) is 8.33. The topological polar surface area (TPSA) is 81.9 Å². The van der Waals surface area contributed by atoms with Crippen molar-refractivity contribution < 1.29 is 9.53 Å². The van der Waals surface area contributed by atoms with Crippen LogP contribution in [0.25, 0.3) is 5.95 Å². The number of anilines is 1. The van der Waals surface area contributed by atoms with Gasteiger partial charge in [0.15, 0.2) is 6.10 Å². The normalized spacial score (nSPS) is 12.5. The van der Waals surface area contributed by atoms with Crippen molar-refractivity contribution >= 4 is 34.9 Å². The minimum absolute atomic E-state index is 0.224. The van der Waals surface area contributed by atoms with Crippen molar-refractivity contribution in [1.82, 2.24) is 19.7 Å². The fourth-order valence-corrected chi connectivity index (χ4v) is 2.89. The van der Waals surface area contributed by atoms with E-state index < -0.39 is 6.10 Å². The molecule has 0 aliphatic carbocycles. The minimum atomic E-state index is -0.813. The van der Waals surface area contributed by atoms with Crippen molar-refractivity contribution in [3.8, 4) is 11.7 Å². The Balaban J connectivity index is 1.84. The van der Waals surface area contributed by atoms with Crippen LogP contribution in [-0.4, -0.2) is 31.8 Å². The van der Waals surface area contributed by atoms with Crippen LogP contribution in [-0.2, 0) is 10.2 Å². The average Bonchev–Trinajstić information content (AvgIpc) is 3.09. The van der Waals surface area contributed by atoms with Gasteiger partial charge in [0.05, 0.1) is 10.7 Å². The highest BCUT2D eigenvalue weighted by atomic mass is 35.5. The first-order valence-corrected chi connectivity index (χ1v) is 9.71. The van der Waals surface area contributed by atoms with E-state index in [-0.39, 0.29) is 11.3 Å². The highest BCUT2D eigenvalue weighted by Crippen LogP contribution is 2.29. The molecule has 1 unspecified atom stereocenters. The number of hydrogen-bond acceptors (Lipinski definition) is 5. The number of amides is 1. The average molecular weight is 434 g/mol. The molecule has 0 spiro atoms. The molecule has 152 valence electrons. The summed E-state index contributed by atoms with van der Waals surface area (Å²) < 4.78 is 7.19. The third kappa shape index (κ3) is 5.05. The Bertz CT molecular complexity index is 1020. The van der Waals surface area contributed by atoms with Gasteiger partial charge in [0.1, 0.15) is 11.6 Å². The van der Waals surface area contributed by atoms with Crippen molar-refractivity contribution in [3.63, 3.8) is 0 Å². The zero-order valence-electron chi connectivity index (χ0n) is 16.5. The van der Waals surface area contributed by atoms with E-state index in [1.807, 2.05) is 20.8 Å². The number of ether oxygens (including phenoxy) is 1. The van der Waals surface area contributed by atoms with Gasteiger partial charge in [-0.1, -0.05) is 44.0 Å². The Hall–Kier alpha value is -2.64. The smallest absolute Gasteiger partial charge is 0.266 e. The summed E-state index contributed by atoms with van der Waals surface area (Å²) in [5, 5.41) is 8.23. The minimum Gasteiger partial charge on any atom is -0.479 e. The van der Waals surface area contributed by atoms with Crippen LogP contribution < -0.4 is 10.1 Å². The second-order valence-corrected chi connectivity index (χ2v) is 8.29. The molecule has 29 heavy (non-hydrogen) atoms. The second kappa shape index (κ2) is 8.39. The maximum atomic E-state index is 12.8. The number of benzene rings is 1. The number of carbonyl (C=O) groups excluding carboxylic acids is 1. The van der Waals surface area contributed by atoms with E-state index in [2.05, 4.69) is 20.4 Å². The number of nitrogens with one attached hydrogen (secondary N) is 1.